The summed E-state index contributed by atoms with van der Waals surface area (Å²) in [6.45, 7) is 20.0. The van der Waals surface area contributed by atoms with Crippen LogP contribution in [0.25, 0.3) is 16.8 Å². The van der Waals surface area contributed by atoms with Crippen molar-refractivity contribution in [3.05, 3.63) is 89.0 Å². The van der Waals surface area contributed by atoms with Crippen LogP contribution in [0.2, 0.25) is 0 Å². The van der Waals surface area contributed by atoms with E-state index in [0.29, 0.717) is 5.92 Å². The molecule has 0 N–H and O–H groups in total. The molecule has 0 saturated heterocycles. The second kappa shape index (κ2) is 12.4. The molecule has 1 unspecified atom stereocenters. The van der Waals surface area contributed by atoms with Gasteiger partial charge in [0.05, 0.1) is 11.4 Å². The van der Waals surface area contributed by atoms with Gasteiger partial charge in [0.25, 0.3) is 0 Å². The first-order valence-electron chi connectivity index (χ1n) is 12.2. The van der Waals surface area contributed by atoms with E-state index in [-0.39, 0.29) is 0 Å². The Morgan fingerprint density at radius 3 is 2.00 bits per heavy atom. The van der Waals surface area contributed by atoms with Gasteiger partial charge in [-0.3, -0.25) is 4.99 Å². The van der Waals surface area contributed by atoms with Crippen molar-refractivity contribution in [2.45, 2.75) is 74.1 Å². The Morgan fingerprint density at radius 2 is 1.44 bits per heavy atom. The molecule has 0 radical (unpaired) electrons. The highest BCUT2D eigenvalue weighted by Gasteiger charge is 2.18. The highest BCUT2D eigenvalue weighted by Crippen LogP contribution is 2.30. The fourth-order valence-corrected chi connectivity index (χ4v) is 3.91. The van der Waals surface area contributed by atoms with Gasteiger partial charge in [0.2, 0.25) is 0 Å². The monoisotopic (exact) mass is 427 g/mol. The highest BCUT2D eigenvalue weighted by molar-refractivity contribution is 6.08. The van der Waals surface area contributed by atoms with E-state index in [4.69, 9.17) is 4.99 Å². The smallest absolute Gasteiger partial charge is 0.0640 e. The molecule has 1 heteroatoms. The highest BCUT2D eigenvalue weighted by atomic mass is 14.8. The van der Waals surface area contributed by atoms with Crippen LogP contribution in [-0.4, -0.2) is 5.71 Å². The summed E-state index contributed by atoms with van der Waals surface area (Å²) < 4.78 is 0. The lowest BCUT2D eigenvalue weighted by Gasteiger charge is -2.20. The summed E-state index contributed by atoms with van der Waals surface area (Å²) in [6, 6.07) is 17.2. The lowest BCUT2D eigenvalue weighted by Crippen LogP contribution is -2.14. The van der Waals surface area contributed by atoms with Gasteiger partial charge >= 0.3 is 0 Å². The van der Waals surface area contributed by atoms with E-state index < -0.39 is 0 Å². The maximum atomic E-state index is 5.21. The van der Waals surface area contributed by atoms with Crippen molar-refractivity contribution in [1.29, 1.82) is 0 Å². The number of aliphatic imine (C=N–C) groups is 1. The summed E-state index contributed by atoms with van der Waals surface area (Å²) in [4.78, 5) is 5.21. The number of nitrogens with zero attached hydrogens (tertiary/aromatic N) is 1. The molecule has 0 saturated carbocycles. The van der Waals surface area contributed by atoms with Gasteiger partial charge in [-0.2, -0.15) is 0 Å². The van der Waals surface area contributed by atoms with Crippen molar-refractivity contribution >= 4 is 22.6 Å². The van der Waals surface area contributed by atoms with Crippen molar-refractivity contribution in [1.82, 2.24) is 0 Å². The average Bonchev–Trinajstić information content (AvgIpc) is 2.84. The Balaban J connectivity index is 2.64. The van der Waals surface area contributed by atoms with Gasteiger partial charge in [-0.05, 0) is 68.2 Å². The van der Waals surface area contributed by atoms with Crippen LogP contribution in [-0.2, 0) is 0 Å². The van der Waals surface area contributed by atoms with Crippen molar-refractivity contribution in [2.24, 2.45) is 10.9 Å². The number of hydrogen-bond acceptors (Lipinski definition) is 1. The second-order valence-corrected chi connectivity index (χ2v) is 8.78. The van der Waals surface area contributed by atoms with Crippen LogP contribution in [0.1, 0.15) is 96.4 Å². The zero-order valence-electron chi connectivity index (χ0n) is 21.3. The molecule has 0 fully saturated rings. The van der Waals surface area contributed by atoms with E-state index in [1.807, 2.05) is 0 Å². The molecule has 170 valence electrons. The molecular weight excluding hydrogens is 386 g/mol. The number of rotatable bonds is 10. The minimum absolute atomic E-state index is 0.339. The van der Waals surface area contributed by atoms with Crippen LogP contribution >= 0.6 is 0 Å². The Labute approximate surface area is 196 Å². The molecular formula is C31H41N. The molecule has 1 nitrogen and oxygen atoms in total. The summed E-state index contributed by atoms with van der Waals surface area (Å²) in [5.74, 6) is 0.339. The predicted molar refractivity (Wildman–Crippen MR) is 145 cm³/mol. The summed E-state index contributed by atoms with van der Waals surface area (Å²) in [5, 5.41) is 0. The zero-order chi connectivity index (χ0) is 23.7. The van der Waals surface area contributed by atoms with Crippen LogP contribution < -0.4 is 0 Å². The quantitative estimate of drug-likeness (QED) is 0.335. The van der Waals surface area contributed by atoms with E-state index in [0.717, 1.165) is 42.7 Å². The Kier molecular flexibility index (Phi) is 9.91. The first-order valence-corrected chi connectivity index (χ1v) is 12.2. The van der Waals surface area contributed by atoms with Crippen LogP contribution in [0.5, 0.6) is 0 Å². The zero-order valence-corrected chi connectivity index (χ0v) is 21.3. The summed E-state index contributed by atoms with van der Waals surface area (Å²) >= 11 is 0. The van der Waals surface area contributed by atoms with Crippen molar-refractivity contribution in [3.63, 3.8) is 0 Å². The minimum atomic E-state index is 0.339. The van der Waals surface area contributed by atoms with Gasteiger partial charge in [-0.1, -0.05) is 101 Å². The normalized spacial score (nSPS) is 14.2. The molecule has 2 rings (SSSR count). The lowest BCUT2D eigenvalue weighted by atomic mass is 9.88. The third-order valence-corrected chi connectivity index (χ3v) is 6.51. The number of benzene rings is 2. The molecule has 1 atom stereocenters. The maximum Gasteiger partial charge on any atom is 0.0640 e. The summed E-state index contributed by atoms with van der Waals surface area (Å²) in [5.41, 5.74) is 10.9. The Morgan fingerprint density at radius 1 is 0.875 bits per heavy atom. The van der Waals surface area contributed by atoms with Gasteiger partial charge in [-0.25, -0.2) is 0 Å². The topological polar surface area (TPSA) is 12.4 Å². The van der Waals surface area contributed by atoms with E-state index in [1.165, 1.54) is 33.4 Å². The van der Waals surface area contributed by atoms with Gasteiger partial charge < -0.3 is 0 Å². The molecule has 0 heterocycles. The fourth-order valence-electron chi connectivity index (χ4n) is 3.91. The standard InChI is InChI=1S/C31H41N/c1-9-12-17-24(6)27-18-13-15-20-29(27)26(8)32-31(23(5)11-3)30-21-16-14-19-28(30)25(7)22(4)10-2/h13-21,23H,8-12H2,1-7H3/b24-17-,25-22-,32-31?. The average molecular weight is 428 g/mol. The van der Waals surface area contributed by atoms with Crippen molar-refractivity contribution < 1.29 is 0 Å². The number of unbranched alkanes of at least 4 members (excludes halogenated alkanes) is 1. The lowest BCUT2D eigenvalue weighted by molar-refractivity contribution is 0.740. The van der Waals surface area contributed by atoms with Gasteiger partial charge in [0.1, 0.15) is 0 Å². The van der Waals surface area contributed by atoms with E-state index in [2.05, 4.69) is 110 Å². The van der Waals surface area contributed by atoms with Crippen LogP contribution in [0, 0.1) is 5.92 Å². The van der Waals surface area contributed by atoms with E-state index >= 15 is 0 Å². The predicted octanol–water partition coefficient (Wildman–Crippen LogP) is 9.60. The van der Waals surface area contributed by atoms with Gasteiger partial charge in [0.15, 0.2) is 0 Å². The molecule has 0 spiro atoms. The number of allylic oxidation sites excluding steroid dienone is 4. The number of hydrogen-bond donors (Lipinski definition) is 0. The maximum absolute atomic E-state index is 5.21. The van der Waals surface area contributed by atoms with Crippen molar-refractivity contribution in [2.75, 3.05) is 0 Å². The molecule has 0 aromatic heterocycles. The molecule has 2 aromatic rings. The third kappa shape index (κ3) is 6.19. The summed E-state index contributed by atoms with van der Waals surface area (Å²) in [6.07, 6.45) is 6.65. The Bertz CT molecular complexity index is 1020. The molecule has 0 bridgehead atoms. The minimum Gasteiger partial charge on any atom is -0.253 e. The van der Waals surface area contributed by atoms with Crippen LogP contribution in [0.15, 0.2) is 71.8 Å². The van der Waals surface area contributed by atoms with Crippen LogP contribution in [0.3, 0.4) is 0 Å². The molecule has 32 heavy (non-hydrogen) atoms. The van der Waals surface area contributed by atoms with Gasteiger partial charge in [-0.15, -0.1) is 0 Å². The van der Waals surface area contributed by atoms with E-state index in [1.54, 1.807) is 0 Å². The van der Waals surface area contributed by atoms with Gasteiger partial charge in [0, 0.05) is 11.1 Å². The van der Waals surface area contributed by atoms with Crippen molar-refractivity contribution in [3.8, 4) is 0 Å². The SMILES string of the molecule is C=C(N=C(c1ccccc1/C(C)=C(/C)CC)C(C)CC)c1ccccc1/C(C)=C\CCC. The Hall–Kier alpha value is -2.67. The largest absolute Gasteiger partial charge is 0.253 e. The molecule has 2 aromatic carbocycles. The first kappa shape index (κ1) is 25.6. The van der Waals surface area contributed by atoms with E-state index in [9.17, 15) is 0 Å². The molecule has 0 aliphatic heterocycles. The molecule has 0 aliphatic carbocycles. The first-order chi connectivity index (χ1) is 15.3. The molecule has 0 aliphatic rings. The molecule has 0 amide bonds. The fraction of sp³-hybridized carbons (Fsp3) is 0.387. The summed E-state index contributed by atoms with van der Waals surface area (Å²) in [7, 11) is 0. The third-order valence-electron chi connectivity index (χ3n) is 6.51. The second-order valence-electron chi connectivity index (χ2n) is 8.78. The van der Waals surface area contributed by atoms with Crippen LogP contribution in [0.4, 0.5) is 0 Å².